The minimum atomic E-state index is -0.430. The summed E-state index contributed by atoms with van der Waals surface area (Å²) >= 11 is 0. The topological polar surface area (TPSA) is 102 Å². The maximum Gasteiger partial charge on any atom is 0.132 e. The van der Waals surface area contributed by atoms with Gasteiger partial charge in [0.05, 0.1) is 17.8 Å². The number of nitrogens with two attached hydrogens (primary N) is 2. The van der Waals surface area contributed by atoms with E-state index in [1.165, 1.54) is 0 Å². The first-order valence-corrected chi connectivity index (χ1v) is 8.64. The number of benzene rings is 1. The largest absolute Gasteiger partial charge is 0.491 e. The van der Waals surface area contributed by atoms with Gasteiger partial charge in [-0.3, -0.25) is 0 Å². The van der Waals surface area contributed by atoms with Crippen LogP contribution in [-0.4, -0.2) is 42.3 Å². The van der Waals surface area contributed by atoms with Crippen LogP contribution in [0.2, 0.25) is 0 Å². The molecule has 2 heterocycles. The van der Waals surface area contributed by atoms with Gasteiger partial charge in [0.1, 0.15) is 17.9 Å². The van der Waals surface area contributed by atoms with E-state index in [2.05, 4.69) is 20.2 Å². The molecule has 1 unspecified atom stereocenters. The summed E-state index contributed by atoms with van der Waals surface area (Å²) in [7, 11) is 0. The van der Waals surface area contributed by atoms with Crippen LogP contribution in [0.15, 0.2) is 30.6 Å². The number of piperazine rings is 1. The number of anilines is 2. The molecule has 5 N–H and O–H groups in total. The summed E-state index contributed by atoms with van der Waals surface area (Å²) in [4.78, 5) is 11.0. The molecule has 7 heteroatoms. The van der Waals surface area contributed by atoms with Crippen molar-refractivity contribution >= 4 is 11.5 Å². The second-order valence-corrected chi connectivity index (χ2v) is 6.47. The molecule has 1 fully saturated rings. The molecule has 1 atom stereocenters. The summed E-state index contributed by atoms with van der Waals surface area (Å²) in [6.45, 7) is 7.72. The van der Waals surface area contributed by atoms with Gasteiger partial charge >= 0.3 is 0 Å². The van der Waals surface area contributed by atoms with Crippen LogP contribution >= 0.6 is 0 Å². The number of aromatic nitrogens is 2. The van der Waals surface area contributed by atoms with Gasteiger partial charge in [-0.05, 0) is 32.0 Å². The van der Waals surface area contributed by atoms with E-state index in [0.29, 0.717) is 5.69 Å². The van der Waals surface area contributed by atoms with Crippen LogP contribution in [0.1, 0.15) is 31.1 Å². The quantitative estimate of drug-likeness (QED) is 0.704. The van der Waals surface area contributed by atoms with Gasteiger partial charge < -0.3 is 26.4 Å². The van der Waals surface area contributed by atoms with Gasteiger partial charge in [0.25, 0.3) is 0 Å². The lowest BCUT2D eigenvalue weighted by Gasteiger charge is -2.28. The van der Waals surface area contributed by atoms with Crippen molar-refractivity contribution < 1.29 is 4.74 Å². The number of hydrogen-bond acceptors (Lipinski definition) is 7. The molecule has 0 saturated carbocycles. The lowest BCUT2D eigenvalue weighted by atomic mass is 10.0. The van der Waals surface area contributed by atoms with Crippen LogP contribution in [0.25, 0.3) is 0 Å². The minimum Gasteiger partial charge on any atom is -0.491 e. The summed E-state index contributed by atoms with van der Waals surface area (Å²) in [5.41, 5.74) is 14.8. The Balaban J connectivity index is 1.86. The van der Waals surface area contributed by atoms with E-state index in [4.69, 9.17) is 16.2 Å². The van der Waals surface area contributed by atoms with Gasteiger partial charge in [-0.2, -0.15) is 0 Å². The van der Waals surface area contributed by atoms with Crippen molar-refractivity contribution in [1.29, 1.82) is 0 Å². The Kier molecular flexibility index (Phi) is 5.35. The summed E-state index contributed by atoms with van der Waals surface area (Å²) in [6.07, 6.45) is 1.66. The first-order chi connectivity index (χ1) is 12.0. The van der Waals surface area contributed by atoms with Crippen molar-refractivity contribution in [3.8, 4) is 5.75 Å². The first kappa shape index (κ1) is 17.4. The van der Waals surface area contributed by atoms with Crippen LogP contribution in [0.5, 0.6) is 5.75 Å². The first-order valence-electron chi connectivity index (χ1n) is 8.64. The van der Waals surface area contributed by atoms with Crippen LogP contribution in [0.4, 0.5) is 11.5 Å². The Labute approximate surface area is 148 Å². The van der Waals surface area contributed by atoms with Crippen molar-refractivity contribution in [2.45, 2.75) is 26.0 Å². The average Bonchev–Trinajstić information content (AvgIpc) is 2.63. The average molecular weight is 342 g/mol. The third kappa shape index (κ3) is 4.18. The van der Waals surface area contributed by atoms with Crippen molar-refractivity contribution in [1.82, 2.24) is 15.3 Å². The highest BCUT2D eigenvalue weighted by Crippen LogP contribution is 2.29. The molecule has 1 aliphatic heterocycles. The van der Waals surface area contributed by atoms with E-state index in [9.17, 15) is 0 Å². The number of nitrogens with one attached hydrogen (secondary N) is 1. The molecule has 134 valence electrons. The fourth-order valence-electron chi connectivity index (χ4n) is 2.93. The molecule has 0 aliphatic carbocycles. The number of ether oxygens (including phenoxy) is 1. The second-order valence-electron chi connectivity index (χ2n) is 6.47. The van der Waals surface area contributed by atoms with Crippen molar-refractivity contribution in [2.24, 2.45) is 5.73 Å². The molecule has 1 aliphatic rings. The van der Waals surface area contributed by atoms with E-state index in [-0.39, 0.29) is 6.10 Å². The normalized spacial score (nSPS) is 16.1. The molecule has 0 radical (unpaired) electrons. The third-order valence-corrected chi connectivity index (χ3v) is 4.20. The van der Waals surface area contributed by atoms with Crippen LogP contribution in [-0.2, 0) is 0 Å². The molecule has 7 nitrogen and oxygen atoms in total. The molecule has 1 aromatic heterocycles. The smallest absolute Gasteiger partial charge is 0.132 e. The predicted octanol–water partition coefficient (Wildman–Crippen LogP) is 1.30. The summed E-state index contributed by atoms with van der Waals surface area (Å²) in [5.74, 6) is 1.65. The Morgan fingerprint density at radius 3 is 2.64 bits per heavy atom. The fourth-order valence-corrected chi connectivity index (χ4v) is 2.93. The minimum absolute atomic E-state index is 0.0889. The highest BCUT2D eigenvalue weighted by atomic mass is 16.5. The van der Waals surface area contributed by atoms with E-state index < -0.39 is 6.04 Å². The van der Waals surface area contributed by atoms with E-state index in [1.54, 1.807) is 6.33 Å². The standard InChI is InChI=1S/C18H26N6O/c1-12(2)25-13-3-4-15(19)14(9-13)18(20)16-10-17(23-11-22-16)24-7-5-21-6-8-24/h3-4,9-12,18,21H,5-8,19-20H2,1-2H3. The molecular weight excluding hydrogens is 316 g/mol. The van der Waals surface area contributed by atoms with Gasteiger partial charge in [-0.25, -0.2) is 9.97 Å². The lowest BCUT2D eigenvalue weighted by molar-refractivity contribution is 0.242. The Hall–Kier alpha value is -2.38. The van der Waals surface area contributed by atoms with Crippen LogP contribution < -0.4 is 26.4 Å². The molecule has 2 aromatic rings. The molecule has 0 amide bonds. The van der Waals surface area contributed by atoms with E-state index in [1.807, 2.05) is 38.1 Å². The highest BCUT2D eigenvalue weighted by molar-refractivity contribution is 5.54. The zero-order valence-corrected chi connectivity index (χ0v) is 14.8. The summed E-state index contributed by atoms with van der Waals surface area (Å²) in [6, 6.07) is 7.10. The molecule has 0 bridgehead atoms. The molecule has 3 rings (SSSR count). The fraction of sp³-hybridized carbons (Fsp3) is 0.444. The Bertz CT molecular complexity index is 714. The number of nitrogens with zero attached hydrogens (tertiary/aromatic N) is 3. The van der Waals surface area contributed by atoms with E-state index >= 15 is 0 Å². The SMILES string of the molecule is CC(C)Oc1ccc(N)c(C(N)c2cc(N3CCNCC3)ncn2)c1. The van der Waals surface area contributed by atoms with Gasteiger partial charge in [0.2, 0.25) is 0 Å². The zero-order chi connectivity index (χ0) is 17.8. The Morgan fingerprint density at radius 2 is 1.92 bits per heavy atom. The second kappa shape index (κ2) is 7.67. The number of rotatable bonds is 5. The highest BCUT2D eigenvalue weighted by Gasteiger charge is 2.18. The van der Waals surface area contributed by atoms with Gasteiger partial charge in [0.15, 0.2) is 0 Å². The number of hydrogen-bond donors (Lipinski definition) is 3. The maximum atomic E-state index is 6.46. The predicted molar refractivity (Wildman–Crippen MR) is 99.8 cm³/mol. The van der Waals surface area contributed by atoms with E-state index in [0.717, 1.165) is 49.0 Å². The van der Waals surface area contributed by atoms with Crippen molar-refractivity contribution in [3.63, 3.8) is 0 Å². The molecule has 1 saturated heterocycles. The Morgan fingerprint density at radius 1 is 1.16 bits per heavy atom. The maximum absolute atomic E-state index is 6.46. The molecular formula is C18H26N6O. The monoisotopic (exact) mass is 342 g/mol. The van der Waals surface area contributed by atoms with Gasteiger partial charge in [0, 0.05) is 43.5 Å². The van der Waals surface area contributed by atoms with Crippen LogP contribution in [0, 0.1) is 0 Å². The molecule has 25 heavy (non-hydrogen) atoms. The van der Waals surface area contributed by atoms with Gasteiger partial charge in [-0.15, -0.1) is 0 Å². The van der Waals surface area contributed by atoms with Crippen LogP contribution in [0.3, 0.4) is 0 Å². The third-order valence-electron chi connectivity index (χ3n) is 4.20. The molecule has 1 aromatic carbocycles. The molecule has 0 spiro atoms. The van der Waals surface area contributed by atoms with Gasteiger partial charge in [-0.1, -0.05) is 0 Å². The zero-order valence-electron chi connectivity index (χ0n) is 14.8. The van der Waals surface area contributed by atoms with Crippen molar-refractivity contribution in [2.75, 3.05) is 36.8 Å². The van der Waals surface area contributed by atoms with Crippen molar-refractivity contribution in [3.05, 3.63) is 41.9 Å². The number of nitrogen functional groups attached to an aromatic ring is 1. The summed E-state index contributed by atoms with van der Waals surface area (Å²) in [5, 5.41) is 3.34. The lowest BCUT2D eigenvalue weighted by Crippen LogP contribution is -2.44. The summed E-state index contributed by atoms with van der Waals surface area (Å²) < 4.78 is 5.76.